The zero-order valence-corrected chi connectivity index (χ0v) is 18.9. The van der Waals surface area contributed by atoms with E-state index in [1.165, 1.54) is 11.3 Å². The van der Waals surface area contributed by atoms with Crippen molar-refractivity contribution in [1.29, 1.82) is 0 Å². The molecule has 6 nitrogen and oxygen atoms in total. The quantitative estimate of drug-likeness (QED) is 0.619. The lowest BCUT2D eigenvalue weighted by Gasteiger charge is -2.26. The second kappa shape index (κ2) is 9.25. The van der Waals surface area contributed by atoms with Gasteiger partial charge in [0.25, 0.3) is 0 Å². The Morgan fingerprint density at radius 2 is 1.61 bits per heavy atom. The Labute approximate surface area is 185 Å². The van der Waals surface area contributed by atoms with Gasteiger partial charge in [0.15, 0.2) is 0 Å². The number of hydrogen-bond acceptors (Lipinski definition) is 6. The zero-order chi connectivity index (χ0) is 21.8. The van der Waals surface area contributed by atoms with E-state index < -0.39 is 0 Å². The van der Waals surface area contributed by atoms with E-state index in [-0.39, 0.29) is 0 Å². The molecule has 3 heterocycles. The fourth-order valence-corrected chi connectivity index (χ4v) is 3.97. The van der Waals surface area contributed by atoms with Crippen molar-refractivity contribution in [3.63, 3.8) is 0 Å². The van der Waals surface area contributed by atoms with Crippen LogP contribution in [0.2, 0.25) is 0 Å². The van der Waals surface area contributed by atoms with Gasteiger partial charge in [0.05, 0.1) is 18.5 Å². The fraction of sp³-hybridized carbons (Fsp3) is 0.360. The number of anilines is 3. The monoisotopic (exact) mass is 417 g/mol. The van der Waals surface area contributed by atoms with Crippen LogP contribution in [0.25, 0.3) is 11.3 Å². The van der Waals surface area contributed by atoms with Gasteiger partial charge in [-0.2, -0.15) is 0 Å². The number of aromatic nitrogens is 2. The van der Waals surface area contributed by atoms with Crippen molar-refractivity contribution in [2.45, 2.75) is 13.3 Å². The van der Waals surface area contributed by atoms with Crippen molar-refractivity contribution in [3.05, 3.63) is 60.3 Å². The van der Waals surface area contributed by atoms with E-state index in [2.05, 4.69) is 83.2 Å². The van der Waals surface area contributed by atoms with Crippen molar-refractivity contribution in [1.82, 2.24) is 9.97 Å². The highest BCUT2D eigenvalue weighted by Gasteiger charge is 2.20. The molecular formula is C25H31N5O. The number of nitrogens with zero attached hydrogens (tertiary/aromatic N) is 5. The molecule has 0 spiro atoms. The molecule has 1 aromatic carbocycles. The highest BCUT2D eigenvalue weighted by Crippen LogP contribution is 2.33. The first-order valence-corrected chi connectivity index (χ1v) is 10.8. The summed E-state index contributed by atoms with van der Waals surface area (Å²) in [5.41, 5.74) is 5.57. The van der Waals surface area contributed by atoms with Crippen LogP contribution in [0.1, 0.15) is 12.0 Å². The lowest BCUT2D eigenvalue weighted by Crippen LogP contribution is -2.31. The minimum absolute atomic E-state index is 0.635. The van der Waals surface area contributed by atoms with Gasteiger partial charge >= 0.3 is 0 Å². The van der Waals surface area contributed by atoms with Crippen LogP contribution in [-0.4, -0.2) is 57.4 Å². The minimum atomic E-state index is 0.635. The van der Waals surface area contributed by atoms with Gasteiger partial charge < -0.3 is 19.4 Å². The molecule has 0 aliphatic carbocycles. The van der Waals surface area contributed by atoms with Crippen LogP contribution in [0.3, 0.4) is 0 Å². The van der Waals surface area contributed by atoms with Crippen molar-refractivity contribution in [2.24, 2.45) is 0 Å². The second-order valence-electron chi connectivity index (χ2n) is 8.18. The van der Waals surface area contributed by atoms with Crippen LogP contribution < -0.4 is 19.4 Å². The van der Waals surface area contributed by atoms with Gasteiger partial charge in [-0.3, -0.25) is 0 Å². The van der Waals surface area contributed by atoms with E-state index in [4.69, 9.17) is 9.72 Å². The summed E-state index contributed by atoms with van der Waals surface area (Å²) in [6.07, 6.45) is 3.02. The normalized spacial score (nSPS) is 14.3. The first-order chi connectivity index (χ1) is 15.0. The zero-order valence-electron chi connectivity index (χ0n) is 18.9. The largest absolute Gasteiger partial charge is 0.481 e. The molecule has 6 heteroatoms. The van der Waals surface area contributed by atoms with Crippen LogP contribution >= 0.6 is 0 Å². The maximum absolute atomic E-state index is 5.44. The first kappa shape index (κ1) is 21.0. The SMILES string of the molecule is COc1ccc(N2CCCN(c3ccc(C)cn3)CC2)c(-c2ccc(N(C)C)cc2)n1. The Morgan fingerprint density at radius 1 is 0.871 bits per heavy atom. The number of rotatable bonds is 5. The summed E-state index contributed by atoms with van der Waals surface area (Å²) in [5, 5.41) is 0. The number of methoxy groups -OCH3 is 1. The van der Waals surface area contributed by atoms with E-state index in [0.29, 0.717) is 5.88 Å². The molecule has 31 heavy (non-hydrogen) atoms. The molecule has 0 amide bonds. The Hall–Kier alpha value is -3.28. The third-order valence-corrected chi connectivity index (χ3v) is 5.77. The van der Waals surface area contributed by atoms with Crippen molar-refractivity contribution in [3.8, 4) is 17.1 Å². The molecule has 3 aromatic rings. The van der Waals surface area contributed by atoms with E-state index in [1.54, 1.807) is 7.11 Å². The Morgan fingerprint density at radius 3 is 2.29 bits per heavy atom. The lowest BCUT2D eigenvalue weighted by atomic mass is 10.1. The smallest absolute Gasteiger partial charge is 0.213 e. The molecule has 2 aromatic heterocycles. The number of benzene rings is 1. The summed E-state index contributed by atoms with van der Waals surface area (Å²) in [6.45, 7) is 5.92. The van der Waals surface area contributed by atoms with Gasteiger partial charge in [0.1, 0.15) is 5.82 Å². The van der Waals surface area contributed by atoms with Gasteiger partial charge in [-0.25, -0.2) is 9.97 Å². The summed E-state index contributed by atoms with van der Waals surface area (Å²) in [6, 6.07) is 16.9. The topological polar surface area (TPSA) is 44.7 Å². The van der Waals surface area contributed by atoms with Gasteiger partial charge in [-0.15, -0.1) is 0 Å². The number of pyridine rings is 2. The first-order valence-electron chi connectivity index (χ1n) is 10.8. The molecule has 0 radical (unpaired) electrons. The van der Waals surface area contributed by atoms with Crippen molar-refractivity contribution >= 4 is 17.2 Å². The summed E-state index contributed by atoms with van der Waals surface area (Å²) >= 11 is 0. The average Bonchev–Trinajstić information content (AvgIpc) is 3.05. The predicted molar refractivity (Wildman–Crippen MR) is 129 cm³/mol. The van der Waals surface area contributed by atoms with Crippen molar-refractivity contribution < 1.29 is 4.74 Å². The van der Waals surface area contributed by atoms with E-state index in [0.717, 1.165) is 55.4 Å². The van der Waals surface area contributed by atoms with Crippen LogP contribution in [-0.2, 0) is 0 Å². The third-order valence-electron chi connectivity index (χ3n) is 5.77. The van der Waals surface area contributed by atoms with Gasteiger partial charge in [0.2, 0.25) is 5.88 Å². The second-order valence-corrected chi connectivity index (χ2v) is 8.18. The summed E-state index contributed by atoms with van der Waals surface area (Å²) in [5.74, 6) is 1.69. The third kappa shape index (κ3) is 4.74. The molecule has 1 aliphatic rings. The molecule has 4 rings (SSSR count). The van der Waals surface area contributed by atoms with Gasteiger partial charge in [0, 0.05) is 63.8 Å². The molecule has 1 fully saturated rings. The van der Waals surface area contributed by atoms with Gasteiger partial charge in [-0.1, -0.05) is 18.2 Å². The van der Waals surface area contributed by atoms with E-state index in [1.807, 2.05) is 12.3 Å². The highest BCUT2D eigenvalue weighted by atomic mass is 16.5. The van der Waals surface area contributed by atoms with Gasteiger partial charge in [-0.05, 0) is 43.2 Å². The molecular weight excluding hydrogens is 386 g/mol. The Bertz CT molecular complexity index is 1000. The highest BCUT2D eigenvalue weighted by molar-refractivity contribution is 5.77. The molecule has 0 bridgehead atoms. The molecule has 0 N–H and O–H groups in total. The number of hydrogen-bond donors (Lipinski definition) is 0. The van der Waals surface area contributed by atoms with Crippen LogP contribution in [0.4, 0.5) is 17.2 Å². The Kier molecular flexibility index (Phi) is 6.26. The minimum Gasteiger partial charge on any atom is -0.481 e. The molecule has 1 saturated heterocycles. The summed E-state index contributed by atoms with van der Waals surface area (Å²) < 4.78 is 5.44. The molecule has 0 saturated carbocycles. The van der Waals surface area contributed by atoms with Crippen LogP contribution in [0.15, 0.2) is 54.7 Å². The molecule has 0 unspecified atom stereocenters. The summed E-state index contributed by atoms with van der Waals surface area (Å²) in [4.78, 5) is 16.4. The summed E-state index contributed by atoms with van der Waals surface area (Å²) in [7, 11) is 5.77. The fourth-order valence-electron chi connectivity index (χ4n) is 3.97. The molecule has 1 aliphatic heterocycles. The van der Waals surface area contributed by atoms with Crippen molar-refractivity contribution in [2.75, 3.05) is 62.1 Å². The molecule has 0 atom stereocenters. The van der Waals surface area contributed by atoms with E-state index >= 15 is 0 Å². The van der Waals surface area contributed by atoms with Crippen LogP contribution in [0, 0.1) is 6.92 Å². The number of ether oxygens (including phenoxy) is 1. The maximum Gasteiger partial charge on any atom is 0.213 e. The van der Waals surface area contributed by atoms with E-state index in [9.17, 15) is 0 Å². The lowest BCUT2D eigenvalue weighted by molar-refractivity contribution is 0.398. The van der Waals surface area contributed by atoms with Crippen LogP contribution in [0.5, 0.6) is 5.88 Å². The Balaban J connectivity index is 1.60. The molecule has 162 valence electrons. The standard InChI is InChI=1S/C25H31N5O/c1-19-6-12-23(26-18-19)30-15-5-14-29(16-17-30)22-11-13-24(31-4)27-25(22)20-7-9-21(10-8-20)28(2)3/h6-13,18H,5,14-17H2,1-4H3. The number of aryl methyl sites for hydroxylation is 1. The predicted octanol–water partition coefficient (Wildman–Crippen LogP) is 4.24. The average molecular weight is 418 g/mol. The maximum atomic E-state index is 5.44.